The first kappa shape index (κ1) is 17.9. The quantitative estimate of drug-likeness (QED) is 0.797. The van der Waals surface area contributed by atoms with Crippen LogP contribution in [0.3, 0.4) is 0 Å². The van der Waals surface area contributed by atoms with Gasteiger partial charge in [0.2, 0.25) is 5.91 Å². The first-order chi connectivity index (χ1) is 13.1. The standard InChI is InChI=1S/C20H19FN4OS/c21-14-4-1-3-13(9-14)20-19-17(22-12-23-19)7-8-25(20)11-18(26)24-15-5-2-6-16(27)10-15/h1-6,9-10,12,17,20,27H,7-8,11H2,(H,24,26). The highest BCUT2D eigenvalue weighted by Crippen LogP contribution is 2.32. The Hall–Kier alpha value is -2.51. The minimum Gasteiger partial charge on any atom is -0.325 e. The molecule has 7 heteroatoms. The molecular weight excluding hydrogens is 363 g/mol. The first-order valence-corrected chi connectivity index (χ1v) is 9.22. The van der Waals surface area contributed by atoms with Gasteiger partial charge in [-0.25, -0.2) is 9.38 Å². The van der Waals surface area contributed by atoms with Crippen LogP contribution in [0.5, 0.6) is 0 Å². The highest BCUT2D eigenvalue weighted by molar-refractivity contribution is 7.80. The van der Waals surface area contributed by atoms with Gasteiger partial charge in [0.25, 0.3) is 0 Å². The maximum absolute atomic E-state index is 13.8. The second-order valence-electron chi connectivity index (χ2n) is 6.65. The van der Waals surface area contributed by atoms with Crippen molar-refractivity contribution in [3.8, 4) is 0 Å². The molecule has 1 fully saturated rings. The van der Waals surface area contributed by atoms with Gasteiger partial charge in [0, 0.05) is 17.1 Å². The number of piperidine rings is 1. The van der Waals surface area contributed by atoms with Crippen LogP contribution >= 0.6 is 12.6 Å². The predicted molar refractivity (Wildman–Crippen MR) is 107 cm³/mol. The maximum atomic E-state index is 13.8. The van der Waals surface area contributed by atoms with Crippen LogP contribution in [0.15, 0.2) is 63.4 Å². The molecule has 0 saturated carbocycles. The Morgan fingerprint density at radius 3 is 2.93 bits per heavy atom. The van der Waals surface area contributed by atoms with Gasteiger partial charge in [-0.15, -0.1) is 12.6 Å². The molecule has 0 radical (unpaired) electrons. The average molecular weight is 382 g/mol. The van der Waals surface area contributed by atoms with Crippen molar-refractivity contribution in [2.45, 2.75) is 23.4 Å². The summed E-state index contributed by atoms with van der Waals surface area (Å²) in [5.74, 6) is -0.433. The van der Waals surface area contributed by atoms with Crippen LogP contribution in [-0.2, 0) is 4.79 Å². The Kier molecular flexibility index (Phi) is 5.05. The normalized spacial score (nSPS) is 21.6. The molecule has 0 spiro atoms. The van der Waals surface area contributed by atoms with E-state index in [1.807, 2.05) is 29.2 Å². The number of carbonyl (C=O) groups excluding carboxylic acids is 1. The second-order valence-corrected chi connectivity index (χ2v) is 7.17. The molecule has 0 bridgehead atoms. The van der Waals surface area contributed by atoms with Crippen molar-refractivity contribution in [2.75, 3.05) is 18.4 Å². The lowest BCUT2D eigenvalue weighted by atomic mass is 9.90. The van der Waals surface area contributed by atoms with E-state index in [4.69, 9.17) is 0 Å². The summed E-state index contributed by atoms with van der Waals surface area (Å²) in [6.07, 6.45) is 2.36. The molecule has 4 rings (SSSR count). The van der Waals surface area contributed by atoms with E-state index >= 15 is 0 Å². The largest absolute Gasteiger partial charge is 0.325 e. The van der Waals surface area contributed by atoms with Crippen LogP contribution in [0.4, 0.5) is 10.1 Å². The fourth-order valence-electron chi connectivity index (χ4n) is 3.62. The molecule has 1 saturated heterocycles. The highest BCUT2D eigenvalue weighted by Gasteiger charge is 2.37. The molecule has 1 N–H and O–H groups in total. The number of halogens is 1. The number of benzene rings is 2. The Balaban J connectivity index is 1.55. The summed E-state index contributed by atoms with van der Waals surface area (Å²) in [5.41, 5.74) is 2.36. The summed E-state index contributed by atoms with van der Waals surface area (Å²) >= 11 is 4.29. The summed E-state index contributed by atoms with van der Waals surface area (Å²) in [6.45, 7) is 0.867. The number of hydrogen-bond acceptors (Lipinski definition) is 5. The molecule has 138 valence electrons. The van der Waals surface area contributed by atoms with Gasteiger partial charge >= 0.3 is 0 Å². The zero-order valence-electron chi connectivity index (χ0n) is 14.5. The van der Waals surface area contributed by atoms with Gasteiger partial charge in [-0.3, -0.25) is 14.7 Å². The number of amides is 1. The third-order valence-corrected chi connectivity index (χ3v) is 5.05. The predicted octanol–water partition coefficient (Wildman–Crippen LogP) is 3.35. The average Bonchev–Trinajstić information content (AvgIpc) is 3.10. The monoisotopic (exact) mass is 382 g/mol. The minimum atomic E-state index is -0.302. The number of carbonyl (C=O) groups is 1. The van der Waals surface area contributed by atoms with Crippen LogP contribution in [0.1, 0.15) is 18.0 Å². The number of rotatable bonds is 4. The molecule has 2 heterocycles. The summed E-state index contributed by atoms with van der Waals surface area (Å²) in [7, 11) is 0. The smallest absolute Gasteiger partial charge is 0.238 e. The van der Waals surface area contributed by atoms with Gasteiger partial charge in [0.05, 0.1) is 24.3 Å². The number of thiol groups is 1. The summed E-state index contributed by atoms with van der Waals surface area (Å²) in [6, 6.07) is 13.5. The number of hydrogen-bond donors (Lipinski definition) is 2. The number of fused-ring (bicyclic) bond motifs is 1. The summed E-state index contributed by atoms with van der Waals surface area (Å²) < 4.78 is 13.8. The third kappa shape index (κ3) is 3.94. The number of nitrogens with one attached hydrogen (secondary N) is 1. The zero-order valence-corrected chi connectivity index (χ0v) is 15.4. The maximum Gasteiger partial charge on any atom is 0.238 e. The third-order valence-electron chi connectivity index (χ3n) is 4.77. The van der Waals surface area contributed by atoms with Gasteiger partial charge < -0.3 is 5.32 Å². The van der Waals surface area contributed by atoms with Crippen molar-refractivity contribution in [1.29, 1.82) is 0 Å². The number of likely N-dealkylation sites (tertiary alicyclic amines) is 1. The van der Waals surface area contributed by atoms with E-state index in [0.717, 1.165) is 22.6 Å². The number of nitrogens with zero attached hydrogens (tertiary/aromatic N) is 3. The molecule has 5 nitrogen and oxygen atoms in total. The Morgan fingerprint density at radius 2 is 2.11 bits per heavy atom. The molecule has 27 heavy (non-hydrogen) atoms. The molecule has 2 aliphatic rings. The molecule has 0 aliphatic carbocycles. The van der Waals surface area contributed by atoms with Crippen LogP contribution in [0.2, 0.25) is 0 Å². The Labute approximate surface area is 162 Å². The fraction of sp³-hybridized carbons (Fsp3) is 0.250. The SMILES string of the molecule is O=C(CN1CCC2N=CN=C2C1c1cccc(F)c1)Nc1cccc(S)c1. The molecule has 0 aromatic heterocycles. The lowest BCUT2D eigenvalue weighted by Gasteiger charge is -2.37. The van der Waals surface area contributed by atoms with E-state index in [1.165, 1.54) is 12.1 Å². The lowest BCUT2D eigenvalue weighted by molar-refractivity contribution is -0.117. The van der Waals surface area contributed by atoms with E-state index in [2.05, 4.69) is 27.9 Å². The van der Waals surface area contributed by atoms with Crippen LogP contribution in [0.25, 0.3) is 0 Å². The molecule has 2 atom stereocenters. The number of anilines is 1. The lowest BCUT2D eigenvalue weighted by Crippen LogP contribution is -2.47. The molecule has 2 unspecified atom stereocenters. The van der Waals surface area contributed by atoms with Gasteiger partial charge in [-0.1, -0.05) is 18.2 Å². The minimum absolute atomic E-state index is 0.0124. The molecule has 2 aromatic rings. The van der Waals surface area contributed by atoms with Crippen molar-refractivity contribution in [2.24, 2.45) is 9.98 Å². The summed E-state index contributed by atoms with van der Waals surface area (Å²) in [4.78, 5) is 24.2. The number of aliphatic imine (C=N–C) groups is 2. The van der Waals surface area contributed by atoms with Crippen molar-refractivity contribution in [1.82, 2.24) is 4.90 Å². The van der Waals surface area contributed by atoms with E-state index in [0.29, 0.717) is 12.2 Å². The van der Waals surface area contributed by atoms with Gasteiger partial charge in [0.1, 0.15) is 12.2 Å². The van der Waals surface area contributed by atoms with E-state index in [1.54, 1.807) is 18.5 Å². The van der Waals surface area contributed by atoms with Crippen LogP contribution in [-0.4, -0.2) is 42.0 Å². The van der Waals surface area contributed by atoms with Crippen molar-refractivity contribution in [3.63, 3.8) is 0 Å². The molecule has 1 amide bonds. The molecule has 2 aliphatic heterocycles. The molecule has 2 aromatic carbocycles. The Bertz CT molecular complexity index is 930. The zero-order chi connectivity index (χ0) is 18.8. The first-order valence-electron chi connectivity index (χ1n) is 8.78. The van der Waals surface area contributed by atoms with Gasteiger partial charge in [0.15, 0.2) is 0 Å². The Morgan fingerprint density at radius 1 is 1.26 bits per heavy atom. The van der Waals surface area contributed by atoms with Crippen molar-refractivity contribution in [3.05, 3.63) is 59.9 Å². The van der Waals surface area contributed by atoms with Crippen LogP contribution in [0, 0.1) is 5.82 Å². The van der Waals surface area contributed by atoms with E-state index in [9.17, 15) is 9.18 Å². The van der Waals surface area contributed by atoms with Crippen molar-refractivity contribution >= 4 is 36.3 Å². The van der Waals surface area contributed by atoms with Crippen molar-refractivity contribution < 1.29 is 9.18 Å². The van der Waals surface area contributed by atoms with Gasteiger partial charge in [-0.2, -0.15) is 0 Å². The summed E-state index contributed by atoms with van der Waals surface area (Å²) in [5, 5.41) is 2.90. The van der Waals surface area contributed by atoms with E-state index in [-0.39, 0.29) is 30.4 Å². The second kappa shape index (κ2) is 7.62. The fourth-order valence-corrected chi connectivity index (χ4v) is 3.84. The van der Waals surface area contributed by atoms with E-state index < -0.39 is 0 Å². The molecular formula is C20H19FN4OS. The topological polar surface area (TPSA) is 57.1 Å². The van der Waals surface area contributed by atoms with Crippen LogP contribution < -0.4 is 5.32 Å². The highest BCUT2D eigenvalue weighted by atomic mass is 32.1. The van der Waals surface area contributed by atoms with Gasteiger partial charge in [-0.05, 0) is 42.3 Å².